The summed E-state index contributed by atoms with van der Waals surface area (Å²) in [5.41, 5.74) is 3.98. The van der Waals surface area contributed by atoms with Crippen molar-refractivity contribution in [3.05, 3.63) is 58.9 Å². The zero-order valence-electron chi connectivity index (χ0n) is 14.5. The van der Waals surface area contributed by atoms with E-state index in [9.17, 15) is 4.79 Å². The lowest BCUT2D eigenvalue weighted by Gasteiger charge is -2.34. The standard InChI is InChI=1S/C21H24N2O2/c24-21-18(22-20(25-21)16-9-3-1-4-10-16)15-17-11-5-6-12-19(17)23-13-7-2-8-14-23/h1,3-4,9-10,15H,2,5-8,11-14H2. The second kappa shape index (κ2) is 7.26. The van der Waals surface area contributed by atoms with Gasteiger partial charge >= 0.3 is 5.97 Å². The molecule has 1 aromatic carbocycles. The normalized spacial score (nSPS) is 23.0. The number of allylic oxidation sites excluding steroid dienone is 3. The van der Waals surface area contributed by atoms with Crippen molar-refractivity contribution in [2.75, 3.05) is 13.1 Å². The van der Waals surface area contributed by atoms with Gasteiger partial charge in [-0.3, -0.25) is 0 Å². The lowest BCUT2D eigenvalue weighted by Crippen LogP contribution is -2.30. The summed E-state index contributed by atoms with van der Waals surface area (Å²) in [7, 11) is 0. The van der Waals surface area contributed by atoms with E-state index in [1.807, 2.05) is 36.4 Å². The molecule has 4 nitrogen and oxygen atoms in total. The van der Waals surface area contributed by atoms with Crippen LogP contribution < -0.4 is 0 Å². The maximum Gasteiger partial charge on any atom is 0.363 e. The van der Waals surface area contributed by atoms with Crippen LogP contribution in [0.4, 0.5) is 0 Å². The van der Waals surface area contributed by atoms with Gasteiger partial charge in [0.2, 0.25) is 5.90 Å². The van der Waals surface area contributed by atoms with E-state index in [-0.39, 0.29) is 5.97 Å². The molecule has 0 radical (unpaired) electrons. The van der Waals surface area contributed by atoms with E-state index in [0.717, 1.165) is 31.5 Å². The van der Waals surface area contributed by atoms with E-state index in [2.05, 4.69) is 9.89 Å². The van der Waals surface area contributed by atoms with Gasteiger partial charge in [-0.2, -0.15) is 0 Å². The fraction of sp³-hybridized carbons (Fsp3) is 0.429. The van der Waals surface area contributed by atoms with Gasteiger partial charge in [0.15, 0.2) is 5.70 Å². The highest BCUT2D eigenvalue weighted by Gasteiger charge is 2.26. The molecule has 2 heterocycles. The fourth-order valence-corrected chi connectivity index (χ4v) is 3.87. The molecule has 2 aliphatic heterocycles. The number of ether oxygens (including phenoxy) is 1. The molecule has 1 aromatic rings. The summed E-state index contributed by atoms with van der Waals surface area (Å²) in [6.45, 7) is 2.29. The average Bonchev–Trinajstić information content (AvgIpc) is 3.04. The number of nitrogens with zero attached hydrogens (tertiary/aromatic N) is 2. The van der Waals surface area contributed by atoms with Gasteiger partial charge in [0.05, 0.1) is 0 Å². The number of cyclic esters (lactones) is 1. The van der Waals surface area contributed by atoms with Crippen molar-refractivity contribution in [1.82, 2.24) is 4.90 Å². The molecule has 0 spiro atoms. The molecule has 3 aliphatic rings. The topological polar surface area (TPSA) is 41.9 Å². The number of benzene rings is 1. The number of esters is 1. The van der Waals surface area contributed by atoms with Crippen LogP contribution in [0, 0.1) is 0 Å². The Morgan fingerprint density at radius 1 is 0.960 bits per heavy atom. The summed E-state index contributed by atoms with van der Waals surface area (Å²) in [4.78, 5) is 19.3. The molecule has 0 amide bonds. The van der Waals surface area contributed by atoms with Gasteiger partial charge in [-0.1, -0.05) is 18.2 Å². The molecule has 0 unspecified atom stereocenters. The minimum atomic E-state index is -0.338. The van der Waals surface area contributed by atoms with E-state index >= 15 is 0 Å². The third-order valence-corrected chi connectivity index (χ3v) is 5.17. The van der Waals surface area contributed by atoms with Crippen molar-refractivity contribution in [2.45, 2.75) is 44.9 Å². The summed E-state index contributed by atoms with van der Waals surface area (Å²) in [6, 6.07) is 9.61. The molecule has 4 rings (SSSR count). The van der Waals surface area contributed by atoms with Crippen molar-refractivity contribution in [3.8, 4) is 0 Å². The van der Waals surface area contributed by atoms with Gasteiger partial charge < -0.3 is 9.64 Å². The highest BCUT2D eigenvalue weighted by atomic mass is 16.6. The molecular weight excluding hydrogens is 312 g/mol. The molecule has 4 heteroatoms. The van der Waals surface area contributed by atoms with E-state index in [1.54, 1.807) is 0 Å². The summed E-state index contributed by atoms with van der Waals surface area (Å²) < 4.78 is 5.39. The molecule has 1 aliphatic carbocycles. The van der Waals surface area contributed by atoms with Crippen LogP contribution in [0.15, 0.2) is 58.4 Å². The van der Waals surface area contributed by atoms with Crippen LogP contribution in [-0.4, -0.2) is 29.9 Å². The molecule has 1 saturated heterocycles. The van der Waals surface area contributed by atoms with E-state index in [0.29, 0.717) is 11.6 Å². The average molecular weight is 336 g/mol. The number of carbonyl (C=O) groups excluding carboxylic acids is 1. The van der Waals surface area contributed by atoms with Crippen LogP contribution in [0.1, 0.15) is 50.5 Å². The second-order valence-electron chi connectivity index (χ2n) is 6.93. The molecule has 130 valence electrons. The van der Waals surface area contributed by atoms with Gasteiger partial charge in [0.1, 0.15) is 0 Å². The fourth-order valence-electron chi connectivity index (χ4n) is 3.87. The largest absolute Gasteiger partial charge is 0.402 e. The molecule has 0 aromatic heterocycles. The molecule has 0 bridgehead atoms. The monoisotopic (exact) mass is 336 g/mol. The molecule has 0 N–H and O–H groups in total. The number of hydrogen-bond acceptors (Lipinski definition) is 4. The van der Waals surface area contributed by atoms with Gasteiger partial charge in [0.25, 0.3) is 0 Å². The Kier molecular flexibility index (Phi) is 4.68. The van der Waals surface area contributed by atoms with Crippen molar-refractivity contribution < 1.29 is 9.53 Å². The summed E-state index contributed by atoms with van der Waals surface area (Å²) in [6.07, 6.45) is 10.4. The lowest BCUT2D eigenvalue weighted by molar-refractivity contribution is -0.130. The predicted molar refractivity (Wildman–Crippen MR) is 98.1 cm³/mol. The SMILES string of the molecule is O=C1OC(c2ccccc2)=NC1=CC1=C(N2CCCCC2)CCCC1. The van der Waals surface area contributed by atoms with Crippen LogP contribution in [0.2, 0.25) is 0 Å². The minimum Gasteiger partial charge on any atom is -0.402 e. The van der Waals surface area contributed by atoms with Crippen LogP contribution in [0.5, 0.6) is 0 Å². The Bertz CT molecular complexity index is 740. The third kappa shape index (κ3) is 3.53. The van der Waals surface area contributed by atoms with Crippen molar-refractivity contribution in [2.24, 2.45) is 4.99 Å². The van der Waals surface area contributed by atoms with E-state index in [4.69, 9.17) is 4.74 Å². The molecule has 1 fully saturated rings. The van der Waals surface area contributed by atoms with Crippen molar-refractivity contribution in [3.63, 3.8) is 0 Å². The predicted octanol–water partition coefficient (Wildman–Crippen LogP) is 4.19. The van der Waals surface area contributed by atoms with Crippen LogP contribution in [-0.2, 0) is 9.53 Å². The van der Waals surface area contributed by atoms with Crippen molar-refractivity contribution >= 4 is 11.9 Å². The Morgan fingerprint density at radius 3 is 2.52 bits per heavy atom. The quantitative estimate of drug-likeness (QED) is 0.614. The van der Waals surface area contributed by atoms with E-state index < -0.39 is 0 Å². The Balaban J connectivity index is 1.64. The van der Waals surface area contributed by atoms with E-state index in [1.165, 1.54) is 43.4 Å². The lowest BCUT2D eigenvalue weighted by atomic mass is 9.93. The zero-order chi connectivity index (χ0) is 17.1. The molecular formula is C21H24N2O2. The van der Waals surface area contributed by atoms with Crippen molar-refractivity contribution in [1.29, 1.82) is 0 Å². The Morgan fingerprint density at radius 2 is 1.72 bits per heavy atom. The van der Waals surface area contributed by atoms with Gasteiger partial charge in [0, 0.05) is 24.4 Å². The number of rotatable bonds is 3. The van der Waals surface area contributed by atoms with Gasteiger partial charge in [-0.25, -0.2) is 9.79 Å². The number of hydrogen-bond donors (Lipinski definition) is 0. The first-order valence-electron chi connectivity index (χ1n) is 9.36. The summed E-state index contributed by atoms with van der Waals surface area (Å²) in [5, 5.41) is 0. The first kappa shape index (κ1) is 16.1. The maximum absolute atomic E-state index is 12.3. The molecule has 25 heavy (non-hydrogen) atoms. The van der Waals surface area contributed by atoms with Gasteiger partial charge in [-0.15, -0.1) is 0 Å². The van der Waals surface area contributed by atoms with Crippen LogP contribution in [0.25, 0.3) is 0 Å². The molecule has 0 atom stereocenters. The minimum absolute atomic E-state index is 0.338. The number of piperidine rings is 1. The summed E-state index contributed by atoms with van der Waals surface area (Å²) >= 11 is 0. The Labute approximate surface area is 148 Å². The number of aliphatic imine (C=N–C) groups is 1. The third-order valence-electron chi connectivity index (χ3n) is 5.17. The van der Waals surface area contributed by atoms with Gasteiger partial charge in [-0.05, 0) is 68.7 Å². The maximum atomic E-state index is 12.3. The molecule has 0 saturated carbocycles. The zero-order valence-corrected chi connectivity index (χ0v) is 14.5. The smallest absolute Gasteiger partial charge is 0.363 e. The van der Waals surface area contributed by atoms with Crippen LogP contribution in [0.3, 0.4) is 0 Å². The number of likely N-dealkylation sites (tertiary alicyclic amines) is 1. The first-order chi connectivity index (χ1) is 12.3. The highest BCUT2D eigenvalue weighted by Crippen LogP contribution is 2.31. The second-order valence-corrected chi connectivity index (χ2v) is 6.93. The first-order valence-corrected chi connectivity index (χ1v) is 9.36. The summed E-state index contributed by atoms with van der Waals surface area (Å²) in [5.74, 6) is 0.0719. The Hall–Kier alpha value is -2.36. The highest BCUT2D eigenvalue weighted by molar-refractivity contribution is 6.11. The number of carbonyl (C=O) groups is 1. The van der Waals surface area contributed by atoms with Crippen LogP contribution >= 0.6 is 0 Å².